The molecule has 0 atom stereocenters. The van der Waals surface area contributed by atoms with E-state index in [1.54, 1.807) is 0 Å². The Morgan fingerprint density at radius 3 is 2.00 bits per heavy atom. The van der Waals surface area contributed by atoms with Crippen LogP contribution in [0.25, 0.3) is 63.6 Å². The molecule has 0 fully saturated rings. The predicted octanol–water partition coefficient (Wildman–Crippen LogP) is 14.1. The van der Waals surface area contributed by atoms with Crippen LogP contribution in [-0.4, -0.2) is 0 Å². The summed E-state index contributed by atoms with van der Waals surface area (Å²) in [6.07, 6.45) is 2.14. The lowest BCUT2D eigenvalue weighted by Crippen LogP contribution is -2.23. The Bertz CT molecular complexity index is 2760. The molecule has 0 unspecified atom stereocenters. The number of fused-ring (bicyclic) bond motifs is 11. The van der Waals surface area contributed by atoms with Gasteiger partial charge in [-0.05, 0) is 93.0 Å². The van der Waals surface area contributed by atoms with Crippen molar-refractivity contribution < 1.29 is 0 Å². The topological polar surface area (TPSA) is 3.24 Å². The van der Waals surface area contributed by atoms with Crippen molar-refractivity contribution in [3.63, 3.8) is 0 Å². The van der Waals surface area contributed by atoms with Crippen LogP contribution in [0.5, 0.6) is 0 Å². The molecule has 2 heteroatoms. The zero-order valence-electron chi connectivity index (χ0n) is 27.7. The third-order valence-corrected chi connectivity index (χ3v) is 12.5. The van der Waals surface area contributed by atoms with Crippen LogP contribution in [0.3, 0.4) is 0 Å². The van der Waals surface area contributed by atoms with Crippen molar-refractivity contribution >= 4 is 80.9 Å². The highest BCUT2D eigenvalue weighted by atomic mass is 32.1. The van der Waals surface area contributed by atoms with E-state index in [-0.39, 0.29) is 5.41 Å². The number of hydrogen-bond donors (Lipinski definition) is 0. The molecule has 0 spiro atoms. The van der Waals surface area contributed by atoms with Crippen molar-refractivity contribution in [2.75, 3.05) is 4.90 Å². The number of rotatable bonds is 5. The van der Waals surface area contributed by atoms with E-state index >= 15 is 0 Å². The lowest BCUT2D eigenvalue weighted by molar-refractivity contribution is 0.490. The quantitative estimate of drug-likeness (QED) is 0.168. The van der Waals surface area contributed by atoms with E-state index in [2.05, 4.69) is 170 Å². The molecule has 9 aromatic rings. The first-order valence-corrected chi connectivity index (χ1v) is 18.3. The van der Waals surface area contributed by atoms with Gasteiger partial charge in [-0.1, -0.05) is 129 Å². The number of nitrogens with zero attached hydrogens (tertiary/aromatic N) is 1. The highest BCUT2D eigenvalue weighted by Gasteiger charge is 2.40. The lowest BCUT2D eigenvalue weighted by atomic mass is 9.74. The second-order valence-corrected chi connectivity index (χ2v) is 14.6. The minimum absolute atomic E-state index is 0.00208. The Morgan fingerprint density at radius 2 is 1.10 bits per heavy atom. The third-order valence-electron chi connectivity index (χ3n) is 11.3. The lowest BCUT2D eigenvalue weighted by Gasteiger charge is -2.32. The maximum absolute atomic E-state index is 2.51. The van der Waals surface area contributed by atoms with E-state index in [1.807, 2.05) is 11.3 Å². The van der Waals surface area contributed by atoms with Crippen LogP contribution >= 0.6 is 11.3 Å². The van der Waals surface area contributed by atoms with Gasteiger partial charge in [0.1, 0.15) is 0 Å². The van der Waals surface area contributed by atoms with Crippen molar-refractivity contribution in [2.45, 2.75) is 32.1 Å². The van der Waals surface area contributed by atoms with Crippen LogP contribution in [0.1, 0.15) is 37.8 Å². The van der Waals surface area contributed by atoms with Crippen LogP contribution in [0.4, 0.5) is 17.1 Å². The van der Waals surface area contributed by atoms with Crippen LogP contribution in [-0.2, 0) is 5.41 Å². The summed E-state index contributed by atoms with van der Waals surface area (Å²) in [4.78, 5) is 2.51. The predicted molar refractivity (Wildman–Crippen MR) is 213 cm³/mol. The molecule has 49 heavy (non-hydrogen) atoms. The Hall–Kier alpha value is -5.44. The van der Waals surface area contributed by atoms with Gasteiger partial charge in [0.2, 0.25) is 0 Å². The van der Waals surface area contributed by atoms with E-state index in [1.165, 1.54) is 91.8 Å². The van der Waals surface area contributed by atoms with Gasteiger partial charge in [-0.2, -0.15) is 0 Å². The fourth-order valence-electron chi connectivity index (χ4n) is 8.88. The molecule has 0 bridgehead atoms. The zero-order valence-corrected chi connectivity index (χ0v) is 28.5. The molecule has 234 valence electrons. The monoisotopic (exact) mass is 645 g/mol. The van der Waals surface area contributed by atoms with E-state index in [0.717, 1.165) is 12.8 Å². The summed E-state index contributed by atoms with van der Waals surface area (Å²) in [5.41, 5.74) is 9.23. The van der Waals surface area contributed by atoms with Gasteiger partial charge in [-0.25, -0.2) is 0 Å². The van der Waals surface area contributed by atoms with E-state index in [0.29, 0.717) is 0 Å². The molecule has 1 aromatic heterocycles. The van der Waals surface area contributed by atoms with Gasteiger partial charge < -0.3 is 4.90 Å². The third kappa shape index (κ3) is 4.05. The number of benzene rings is 8. The summed E-state index contributed by atoms with van der Waals surface area (Å²) >= 11 is 1.90. The Balaban J connectivity index is 1.25. The second kappa shape index (κ2) is 10.8. The van der Waals surface area contributed by atoms with E-state index < -0.39 is 0 Å². The smallest absolute Gasteiger partial charge is 0.0540 e. The van der Waals surface area contributed by atoms with E-state index in [9.17, 15) is 0 Å². The van der Waals surface area contributed by atoms with Gasteiger partial charge >= 0.3 is 0 Å². The first-order chi connectivity index (χ1) is 24.2. The summed E-state index contributed by atoms with van der Waals surface area (Å²) < 4.78 is 2.69. The summed E-state index contributed by atoms with van der Waals surface area (Å²) in [6.45, 7) is 4.71. The molecule has 0 aliphatic heterocycles. The van der Waals surface area contributed by atoms with Gasteiger partial charge in [0.05, 0.1) is 5.69 Å². The van der Waals surface area contributed by atoms with Crippen LogP contribution in [0.2, 0.25) is 0 Å². The average molecular weight is 646 g/mol. The highest BCUT2D eigenvalue weighted by Crippen LogP contribution is 2.54. The van der Waals surface area contributed by atoms with Gasteiger partial charge in [-0.15, -0.1) is 11.3 Å². The minimum Gasteiger partial charge on any atom is -0.310 e. The van der Waals surface area contributed by atoms with Crippen molar-refractivity contribution in [1.82, 2.24) is 0 Å². The molecular weight excluding hydrogens is 611 g/mol. The number of hydrogen-bond acceptors (Lipinski definition) is 2. The average Bonchev–Trinajstić information content (AvgIpc) is 3.68. The zero-order chi connectivity index (χ0) is 32.7. The van der Waals surface area contributed by atoms with Crippen molar-refractivity contribution in [3.05, 3.63) is 163 Å². The van der Waals surface area contributed by atoms with E-state index in [4.69, 9.17) is 0 Å². The summed E-state index contributed by atoms with van der Waals surface area (Å²) in [5.74, 6) is 0. The maximum atomic E-state index is 2.51. The number of thiophene rings is 1. The number of anilines is 3. The molecule has 1 aliphatic carbocycles. The summed E-state index contributed by atoms with van der Waals surface area (Å²) in [7, 11) is 0. The van der Waals surface area contributed by atoms with Crippen LogP contribution in [0, 0.1) is 0 Å². The Morgan fingerprint density at radius 1 is 0.469 bits per heavy atom. The fourth-order valence-corrected chi connectivity index (χ4v) is 10.1. The Kier molecular flexibility index (Phi) is 6.29. The minimum atomic E-state index is -0.00208. The fraction of sp³-hybridized carbons (Fsp3) is 0.106. The van der Waals surface area contributed by atoms with Crippen molar-refractivity contribution in [1.29, 1.82) is 0 Å². The molecule has 10 rings (SSSR count). The molecular formula is C47H35NS. The summed E-state index contributed by atoms with van der Waals surface area (Å²) in [6, 6.07) is 56.9. The maximum Gasteiger partial charge on any atom is 0.0540 e. The van der Waals surface area contributed by atoms with Crippen LogP contribution in [0.15, 0.2) is 152 Å². The largest absolute Gasteiger partial charge is 0.310 e. The normalized spacial score (nSPS) is 13.4. The molecule has 1 aliphatic rings. The second-order valence-electron chi connectivity index (χ2n) is 13.5. The van der Waals surface area contributed by atoms with Crippen molar-refractivity contribution in [3.8, 4) is 11.1 Å². The molecule has 0 N–H and O–H groups in total. The van der Waals surface area contributed by atoms with Crippen molar-refractivity contribution in [2.24, 2.45) is 0 Å². The van der Waals surface area contributed by atoms with Gasteiger partial charge in [0, 0.05) is 47.7 Å². The van der Waals surface area contributed by atoms with Gasteiger partial charge in [-0.3, -0.25) is 0 Å². The highest BCUT2D eigenvalue weighted by molar-refractivity contribution is 7.26. The standard InChI is InChI=1S/C47H35NS/c1-3-47(4-2)42-17-9-7-14-36(42)37-25-23-33(29-43(37)47)48(32-22-24-35-31(28-32)21-20-30-12-5-6-13-34(30)35)44-18-11-16-40-38(44)26-27-41-39-15-8-10-19-45(39)49-46(40)41/h5-29H,3-4H2,1-2H3. The molecule has 0 saturated carbocycles. The Labute approximate surface area is 290 Å². The first kappa shape index (κ1) is 28.6. The van der Waals surface area contributed by atoms with Gasteiger partial charge in [0.15, 0.2) is 0 Å². The SMILES string of the molecule is CCC1(CC)c2ccccc2-c2ccc(N(c3ccc4c(ccc5ccccc54)c3)c3cccc4c3ccc3c5ccccc5sc43)cc21. The summed E-state index contributed by atoms with van der Waals surface area (Å²) in [5, 5.41) is 10.3. The van der Waals surface area contributed by atoms with Crippen LogP contribution < -0.4 is 4.90 Å². The molecule has 1 nitrogen and oxygen atoms in total. The van der Waals surface area contributed by atoms with Gasteiger partial charge in [0.25, 0.3) is 0 Å². The molecule has 0 saturated heterocycles. The molecule has 0 amide bonds. The first-order valence-electron chi connectivity index (χ1n) is 17.5. The molecule has 1 heterocycles. The molecule has 8 aromatic carbocycles. The molecule has 0 radical (unpaired) electrons.